The molecule has 11 heteroatoms. The maximum Gasteiger partial charge on any atom is 0.373 e. The summed E-state index contributed by atoms with van der Waals surface area (Å²) >= 11 is 0. The van der Waals surface area contributed by atoms with E-state index in [9.17, 15) is 28.9 Å². The van der Waals surface area contributed by atoms with Crippen molar-refractivity contribution in [3.63, 3.8) is 0 Å². The van der Waals surface area contributed by atoms with Crippen LogP contribution in [0.2, 0.25) is 0 Å². The molecule has 1 rings (SSSR count). The molecule has 0 aromatic carbocycles. The standard InChI is InChI=1S/C8H16N2O7P2.15H2/c1-6(10-5-4-9-7(10)2)8(11,18(12,13)14)19(15,16)17-3;;;;;;;;;;;;;;;/h4-6,11H,1-3H3,(H,15,16)(H2,12,13,14);15*1H. The number of aryl methyl sites for hydroxylation is 1. The Morgan fingerprint density at radius 2 is 2.00 bits per heavy atom. The Morgan fingerprint density at radius 3 is 2.32 bits per heavy atom. The highest BCUT2D eigenvalue weighted by Gasteiger charge is 2.64. The fourth-order valence-electron chi connectivity index (χ4n) is 1.76. The summed E-state index contributed by atoms with van der Waals surface area (Å²) in [5, 5.41) is 6.93. The molecule has 3 unspecified atom stereocenters. The summed E-state index contributed by atoms with van der Waals surface area (Å²) in [5.74, 6) is 0.315. The molecule has 140 valence electrons. The third-order valence-corrected chi connectivity index (χ3v) is 7.40. The Balaban J connectivity index is -0.0000000185. The van der Waals surface area contributed by atoms with Crippen molar-refractivity contribution >= 4 is 15.2 Å². The first-order chi connectivity index (χ1) is 8.49. The van der Waals surface area contributed by atoms with Crippen molar-refractivity contribution in [3.05, 3.63) is 18.2 Å². The normalized spacial score (nSPS) is 20.6. The van der Waals surface area contributed by atoms with Crippen LogP contribution in [0.5, 0.6) is 0 Å². The number of rotatable bonds is 5. The van der Waals surface area contributed by atoms with Gasteiger partial charge >= 0.3 is 15.2 Å². The zero-order chi connectivity index (χ0) is 15.1. The van der Waals surface area contributed by atoms with Gasteiger partial charge in [-0.25, -0.2) is 4.98 Å². The quantitative estimate of drug-likeness (QED) is 0.585. The maximum atomic E-state index is 11.9. The fourth-order valence-corrected chi connectivity index (χ4v) is 4.80. The van der Waals surface area contributed by atoms with Gasteiger partial charge in [0.1, 0.15) is 5.82 Å². The van der Waals surface area contributed by atoms with Gasteiger partial charge in [0.2, 0.25) is 0 Å². The highest BCUT2D eigenvalue weighted by atomic mass is 31.2. The van der Waals surface area contributed by atoms with Crippen LogP contribution < -0.4 is 0 Å². The molecular weight excluding hydrogens is 298 g/mol. The second kappa shape index (κ2) is 5.10. The molecule has 0 aliphatic rings. The van der Waals surface area contributed by atoms with Gasteiger partial charge in [-0.3, -0.25) is 9.13 Å². The number of hydrogen-bond donors (Lipinski definition) is 4. The van der Waals surface area contributed by atoms with Crippen molar-refractivity contribution in [2.45, 2.75) is 25.0 Å². The molecule has 0 bridgehead atoms. The van der Waals surface area contributed by atoms with E-state index in [0.717, 1.165) is 7.11 Å². The van der Waals surface area contributed by atoms with Gasteiger partial charge < -0.3 is 28.9 Å². The highest BCUT2D eigenvalue weighted by Crippen LogP contribution is 2.73. The first kappa shape index (κ1) is 16.5. The van der Waals surface area contributed by atoms with Crippen LogP contribution in [0.15, 0.2) is 12.4 Å². The predicted octanol–water partition coefficient (Wildman–Crippen LogP) is 4.10. The molecule has 0 aliphatic heterocycles. The van der Waals surface area contributed by atoms with E-state index in [2.05, 4.69) is 9.51 Å². The molecule has 0 aliphatic carbocycles. The van der Waals surface area contributed by atoms with Crippen molar-refractivity contribution < 1.29 is 54.8 Å². The third-order valence-electron chi connectivity index (χ3n) is 2.93. The van der Waals surface area contributed by atoms with E-state index in [-0.39, 0.29) is 21.4 Å². The minimum Gasteiger partial charge on any atom is -0.366 e. The molecule has 9 nitrogen and oxygen atoms in total. The first-order valence-corrected chi connectivity index (χ1v) is 8.34. The summed E-state index contributed by atoms with van der Waals surface area (Å²) in [5.41, 5.74) is 0. The van der Waals surface area contributed by atoms with Crippen LogP contribution in [0.4, 0.5) is 0 Å². The van der Waals surface area contributed by atoms with Crippen LogP contribution in [0.1, 0.15) is 40.2 Å². The van der Waals surface area contributed by atoms with E-state index in [1.165, 1.54) is 30.8 Å². The zero-order valence-corrected chi connectivity index (χ0v) is 12.3. The van der Waals surface area contributed by atoms with Gasteiger partial charge in [-0.1, -0.05) is 0 Å². The maximum absolute atomic E-state index is 11.9. The van der Waals surface area contributed by atoms with Crippen molar-refractivity contribution in [2.75, 3.05) is 7.11 Å². The molecule has 3 atom stereocenters. The topological polar surface area (TPSA) is 142 Å². The van der Waals surface area contributed by atoms with Crippen LogP contribution in [0, 0.1) is 6.92 Å². The molecule has 0 spiro atoms. The van der Waals surface area contributed by atoms with Gasteiger partial charge in [0.05, 0.1) is 6.04 Å². The molecule has 1 heterocycles. The van der Waals surface area contributed by atoms with E-state index in [1.54, 1.807) is 0 Å². The van der Waals surface area contributed by atoms with E-state index >= 15 is 0 Å². The lowest BCUT2D eigenvalue weighted by Gasteiger charge is -2.36. The van der Waals surface area contributed by atoms with Crippen LogP contribution in [-0.2, 0) is 13.7 Å². The lowest BCUT2D eigenvalue weighted by atomic mass is 10.3. The largest absolute Gasteiger partial charge is 0.373 e. The number of aromatic nitrogens is 2. The smallest absolute Gasteiger partial charge is 0.366 e. The minimum atomic E-state index is -5.37. The van der Waals surface area contributed by atoms with Gasteiger partial charge in [0.25, 0.3) is 5.08 Å². The van der Waals surface area contributed by atoms with Crippen molar-refractivity contribution in [3.8, 4) is 0 Å². The first-order valence-electron chi connectivity index (χ1n) is 5.15. The predicted molar refractivity (Wildman–Crippen MR) is 97.2 cm³/mol. The summed E-state index contributed by atoms with van der Waals surface area (Å²) < 4.78 is 28.8. The van der Waals surface area contributed by atoms with Crippen molar-refractivity contribution in [1.29, 1.82) is 0 Å². The van der Waals surface area contributed by atoms with Gasteiger partial charge in [-0.05, 0) is 13.8 Å². The molecule has 0 radical (unpaired) electrons. The molecule has 1 aromatic rings. The molecule has 4 N–H and O–H groups in total. The molecule has 1 aromatic heterocycles. The molecule has 19 heavy (non-hydrogen) atoms. The lowest BCUT2D eigenvalue weighted by Crippen LogP contribution is -2.38. The van der Waals surface area contributed by atoms with E-state index in [1.807, 2.05) is 0 Å². The van der Waals surface area contributed by atoms with Crippen molar-refractivity contribution in [2.24, 2.45) is 0 Å². The summed E-state index contributed by atoms with van der Waals surface area (Å²) in [6.07, 6.45) is 2.66. The molecule has 0 saturated carbocycles. The summed E-state index contributed by atoms with van der Waals surface area (Å²) in [6.45, 7) is 2.71. The Morgan fingerprint density at radius 1 is 1.47 bits per heavy atom. The second-order valence-electron chi connectivity index (χ2n) is 3.99. The molecule has 0 amide bonds. The SMILES string of the molecule is COP(=O)(O)C(O)(C(C)n1ccnc1C)P(=O)(O)O.[HH].[HH].[HH].[HH].[HH].[HH].[HH].[HH].[HH].[HH].[HH].[HH].[HH].[HH].[HH]. The Kier molecular flexibility index (Phi) is 4.44. The van der Waals surface area contributed by atoms with Gasteiger partial charge in [0, 0.05) is 40.9 Å². The zero-order valence-electron chi connectivity index (χ0n) is 10.5. The summed E-state index contributed by atoms with van der Waals surface area (Å²) in [6, 6.07) is -1.42. The number of nitrogens with zero attached hydrogens (tertiary/aromatic N) is 2. The van der Waals surface area contributed by atoms with Crippen LogP contribution >= 0.6 is 15.2 Å². The third kappa shape index (κ3) is 2.55. The summed E-state index contributed by atoms with van der Waals surface area (Å²) in [4.78, 5) is 32.0. The molecular formula is C8H46N2O7P2. The van der Waals surface area contributed by atoms with Crippen LogP contribution in [0.3, 0.4) is 0 Å². The Labute approximate surface area is 131 Å². The number of imidazole rings is 1. The van der Waals surface area contributed by atoms with E-state index in [0.29, 0.717) is 5.82 Å². The second-order valence-corrected chi connectivity index (χ2v) is 8.20. The van der Waals surface area contributed by atoms with Crippen LogP contribution in [0.25, 0.3) is 0 Å². The van der Waals surface area contributed by atoms with Gasteiger partial charge in [0.15, 0.2) is 0 Å². The number of hydrogen-bond acceptors (Lipinski definition) is 5. The van der Waals surface area contributed by atoms with Crippen LogP contribution in [-0.4, -0.2) is 41.5 Å². The number of aliphatic hydroxyl groups is 1. The molecule has 0 saturated heterocycles. The average molecular weight is 344 g/mol. The molecule has 0 fully saturated rings. The fraction of sp³-hybridized carbons (Fsp3) is 0.625. The Bertz CT molecular complexity index is 587. The highest BCUT2D eigenvalue weighted by molar-refractivity contribution is 7.72. The average Bonchev–Trinajstić information content (AvgIpc) is 2.71. The van der Waals surface area contributed by atoms with Gasteiger partial charge in [-0.2, -0.15) is 0 Å². The minimum absolute atomic E-state index is 0. The van der Waals surface area contributed by atoms with E-state index < -0.39 is 26.3 Å². The Hall–Kier alpha value is -0.530. The summed E-state index contributed by atoms with van der Waals surface area (Å²) in [7, 11) is -9.58. The van der Waals surface area contributed by atoms with Crippen molar-refractivity contribution in [1.82, 2.24) is 9.55 Å². The monoisotopic (exact) mass is 344 g/mol. The lowest BCUT2D eigenvalue weighted by molar-refractivity contribution is 0.0832. The van der Waals surface area contributed by atoms with E-state index in [4.69, 9.17) is 0 Å². The van der Waals surface area contributed by atoms with Gasteiger partial charge in [-0.15, -0.1) is 0 Å².